The van der Waals surface area contributed by atoms with Crippen LogP contribution in [0.4, 0.5) is 0 Å². The largest absolute Gasteiger partial charge is 0.324 e. The van der Waals surface area contributed by atoms with Gasteiger partial charge in [0.2, 0.25) is 0 Å². The molecule has 19 heavy (non-hydrogen) atoms. The fourth-order valence-corrected chi connectivity index (χ4v) is 5.30. The second-order valence-corrected chi connectivity index (χ2v) is 7.02. The summed E-state index contributed by atoms with van der Waals surface area (Å²) in [6, 6.07) is 0. The fourth-order valence-electron chi connectivity index (χ4n) is 5.30. The third-order valence-electron chi connectivity index (χ3n) is 5.79. The van der Waals surface area contributed by atoms with Gasteiger partial charge in [-0.3, -0.25) is 0 Å². The lowest BCUT2D eigenvalue weighted by Crippen LogP contribution is -2.44. The van der Waals surface area contributed by atoms with E-state index in [0.717, 1.165) is 29.5 Å². The maximum atomic E-state index is 5.72. The van der Waals surface area contributed by atoms with Gasteiger partial charge in [-0.1, -0.05) is 0 Å². The summed E-state index contributed by atoms with van der Waals surface area (Å²) in [5.74, 6) is 5.33. The van der Waals surface area contributed by atoms with Crippen LogP contribution in [0.15, 0.2) is 6.20 Å². The van der Waals surface area contributed by atoms with Gasteiger partial charge in [-0.2, -0.15) is 0 Å². The van der Waals surface area contributed by atoms with Gasteiger partial charge in [-0.05, 0) is 68.3 Å². The molecule has 3 nitrogen and oxygen atoms in total. The fraction of sp³-hybridized carbons (Fsp3) is 0.750. The quantitative estimate of drug-likeness (QED) is 0.886. The van der Waals surface area contributed by atoms with Crippen molar-refractivity contribution in [2.24, 2.45) is 29.4 Å². The lowest BCUT2D eigenvalue weighted by molar-refractivity contribution is -0.00447. The first-order valence-corrected chi connectivity index (χ1v) is 7.77. The molecule has 1 aromatic rings. The van der Waals surface area contributed by atoms with Crippen LogP contribution in [0.5, 0.6) is 0 Å². The molecule has 4 aliphatic carbocycles. The van der Waals surface area contributed by atoms with Gasteiger partial charge in [-0.15, -0.1) is 0 Å². The minimum atomic E-state index is 0.459. The molecule has 0 amide bonds. The van der Waals surface area contributed by atoms with Gasteiger partial charge < -0.3 is 5.73 Å². The van der Waals surface area contributed by atoms with Crippen LogP contribution in [-0.2, 0) is 6.54 Å². The first kappa shape index (κ1) is 11.8. The lowest BCUT2D eigenvalue weighted by atomic mass is 9.51. The Labute approximate surface area is 115 Å². The van der Waals surface area contributed by atoms with Crippen molar-refractivity contribution in [1.82, 2.24) is 9.97 Å². The van der Waals surface area contributed by atoms with E-state index < -0.39 is 0 Å². The highest BCUT2D eigenvalue weighted by Crippen LogP contribution is 2.59. The molecule has 1 heterocycles. The molecule has 0 radical (unpaired) electrons. The molecule has 0 aromatic carbocycles. The second-order valence-electron chi connectivity index (χ2n) is 7.02. The molecular formula is C16H23N3. The first-order chi connectivity index (χ1) is 9.24. The molecule has 0 atom stereocenters. The van der Waals surface area contributed by atoms with Crippen molar-refractivity contribution in [3.63, 3.8) is 0 Å². The smallest absolute Gasteiger partial charge is 0.142 e. The molecule has 1 aromatic heterocycles. The number of nitrogens with two attached hydrogens (primary N) is 1. The average Bonchev–Trinajstić information content (AvgIpc) is 2.39. The summed E-state index contributed by atoms with van der Waals surface area (Å²) in [7, 11) is 0. The Hall–Kier alpha value is -0.960. The summed E-state index contributed by atoms with van der Waals surface area (Å²) >= 11 is 0. The van der Waals surface area contributed by atoms with E-state index >= 15 is 0 Å². The summed E-state index contributed by atoms with van der Waals surface area (Å²) in [4.78, 5) is 9.13. The molecule has 4 fully saturated rings. The Bertz CT molecular complexity index is 469. The maximum Gasteiger partial charge on any atom is 0.142 e. The molecule has 0 saturated heterocycles. The summed E-state index contributed by atoms with van der Waals surface area (Å²) in [5.41, 5.74) is 8.31. The van der Waals surface area contributed by atoms with Crippen molar-refractivity contribution in [2.45, 2.75) is 51.5 Å². The molecule has 102 valence electrons. The third-order valence-corrected chi connectivity index (χ3v) is 5.79. The standard InChI is InChI=1S/C16H23N3/c1-9-8-18-14(7-17)19-16(9)15-12-3-10-2-11(5-12)6-13(15)4-10/h8,10-13,15H,2-7,17H2,1H3. The van der Waals surface area contributed by atoms with E-state index in [9.17, 15) is 0 Å². The van der Waals surface area contributed by atoms with Crippen molar-refractivity contribution in [3.05, 3.63) is 23.3 Å². The number of aryl methyl sites for hydroxylation is 1. The second kappa shape index (κ2) is 4.27. The predicted octanol–water partition coefficient (Wildman–Crippen LogP) is 2.78. The number of aromatic nitrogens is 2. The Morgan fingerprint density at radius 3 is 2.32 bits per heavy atom. The summed E-state index contributed by atoms with van der Waals surface area (Å²) in [6.45, 7) is 2.63. The molecule has 3 heteroatoms. The van der Waals surface area contributed by atoms with Crippen LogP contribution in [0.25, 0.3) is 0 Å². The van der Waals surface area contributed by atoms with E-state index in [1.807, 2.05) is 6.20 Å². The van der Waals surface area contributed by atoms with E-state index in [4.69, 9.17) is 10.7 Å². The van der Waals surface area contributed by atoms with E-state index in [2.05, 4.69) is 11.9 Å². The highest BCUT2D eigenvalue weighted by atomic mass is 14.9. The molecule has 4 bridgehead atoms. The molecular weight excluding hydrogens is 234 g/mol. The third kappa shape index (κ3) is 1.82. The lowest BCUT2D eigenvalue weighted by Gasteiger charge is -2.54. The average molecular weight is 257 g/mol. The molecule has 4 aliphatic rings. The Kier molecular flexibility index (Phi) is 2.66. The zero-order chi connectivity index (χ0) is 13.0. The maximum absolute atomic E-state index is 5.72. The van der Waals surface area contributed by atoms with Gasteiger partial charge in [0.15, 0.2) is 0 Å². The van der Waals surface area contributed by atoms with Crippen LogP contribution >= 0.6 is 0 Å². The van der Waals surface area contributed by atoms with E-state index in [1.165, 1.54) is 43.4 Å². The first-order valence-electron chi connectivity index (χ1n) is 7.77. The summed E-state index contributed by atoms with van der Waals surface area (Å²) < 4.78 is 0. The zero-order valence-corrected chi connectivity index (χ0v) is 11.7. The molecule has 0 spiro atoms. The van der Waals surface area contributed by atoms with Crippen LogP contribution in [0, 0.1) is 30.6 Å². The van der Waals surface area contributed by atoms with Crippen LogP contribution in [0.1, 0.15) is 55.1 Å². The van der Waals surface area contributed by atoms with E-state index in [1.54, 1.807) is 0 Å². The minimum absolute atomic E-state index is 0.459. The van der Waals surface area contributed by atoms with Crippen LogP contribution in [0.3, 0.4) is 0 Å². The van der Waals surface area contributed by atoms with Crippen molar-refractivity contribution in [2.75, 3.05) is 0 Å². The SMILES string of the molecule is Cc1cnc(CN)nc1C1C2CC3CC(C2)CC1C3. The highest BCUT2D eigenvalue weighted by molar-refractivity contribution is 5.24. The van der Waals surface area contributed by atoms with Gasteiger partial charge >= 0.3 is 0 Å². The van der Waals surface area contributed by atoms with Gasteiger partial charge in [0.05, 0.1) is 12.2 Å². The van der Waals surface area contributed by atoms with Crippen LogP contribution < -0.4 is 5.73 Å². The zero-order valence-electron chi connectivity index (χ0n) is 11.7. The van der Waals surface area contributed by atoms with Gasteiger partial charge in [0.25, 0.3) is 0 Å². The van der Waals surface area contributed by atoms with Crippen molar-refractivity contribution >= 4 is 0 Å². The monoisotopic (exact) mass is 257 g/mol. The molecule has 0 unspecified atom stereocenters. The molecule has 0 aliphatic heterocycles. The van der Waals surface area contributed by atoms with Crippen LogP contribution in [0.2, 0.25) is 0 Å². The number of rotatable bonds is 2. The molecule has 4 saturated carbocycles. The Morgan fingerprint density at radius 1 is 1.11 bits per heavy atom. The summed E-state index contributed by atoms with van der Waals surface area (Å²) in [5, 5.41) is 0. The predicted molar refractivity (Wildman–Crippen MR) is 74.4 cm³/mol. The van der Waals surface area contributed by atoms with Gasteiger partial charge in [0.1, 0.15) is 5.82 Å². The number of hydrogen-bond acceptors (Lipinski definition) is 3. The van der Waals surface area contributed by atoms with E-state index in [0.29, 0.717) is 12.5 Å². The van der Waals surface area contributed by atoms with Crippen molar-refractivity contribution in [3.8, 4) is 0 Å². The van der Waals surface area contributed by atoms with Gasteiger partial charge in [-0.25, -0.2) is 9.97 Å². The topological polar surface area (TPSA) is 51.8 Å². The molecule has 2 N–H and O–H groups in total. The Morgan fingerprint density at radius 2 is 1.74 bits per heavy atom. The van der Waals surface area contributed by atoms with Gasteiger partial charge in [0, 0.05) is 12.1 Å². The normalized spacial score (nSPS) is 39.8. The minimum Gasteiger partial charge on any atom is -0.324 e. The van der Waals surface area contributed by atoms with E-state index in [-0.39, 0.29) is 0 Å². The highest BCUT2D eigenvalue weighted by Gasteiger charge is 2.49. The number of hydrogen-bond donors (Lipinski definition) is 1. The molecule has 5 rings (SSSR count). The van der Waals surface area contributed by atoms with Crippen molar-refractivity contribution in [1.29, 1.82) is 0 Å². The summed E-state index contributed by atoms with van der Waals surface area (Å²) in [6.07, 6.45) is 9.27. The number of nitrogens with zero attached hydrogens (tertiary/aromatic N) is 2. The Balaban J connectivity index is 1.72. The van der Waals surface area contributed by atoms with Crippen molar-refractivity contribution < 1.29 is 0 Å². The van der Waals surface area contributed by atoms with Crippen LogP contribution in [-0.4, -0.2) is 9.97 Å².